The lowest BCUT2D eigenvalue weighted by molar-refractivity contribution is -0.136. The van der Waals surface area contributed by atoms with Crippen molar-refractivity contribution in [2.45, 2.75) is 54.4 Å². The molecule has 226 valence electrons. The van der Waals surface area contributed by atoms with Gasteiger partial charge in [0, 0.05) is 12.8 Å². The second-order valence-electron chi connectivity index (χ2n) is 10.9. The number of hydrogen-bond acceptors (Lipinski definition) is 6. The van der Waals surface area contributed by atoms with Crippen molar-refractivity contribution in [1.29, 1.82) is 0 Å². The Morgan fingerprint density at radius 2 is 0.886 bits per heavy atom. The predicted molar refractivity (Wildman–Crippen MR) is 179 cm³/mol. The summed E-state index contributed by atoms with van der Waals surface area (Å²) in [5.41, 5.74) is 11.4. The zero-order chi connectivity index (χ0) is 32.0. The van der Waals surface area contributed by atoms with Gasteiger partial charge in [0.05, 0.1) is 48.2 Å². The number of esters is 2. The lowest BCUT2D eigenvalue weighted by atomic mass is 9.93. The van der Waals surface area contributed by atoms with Crippen LogP contribution < -0.4 is 0 Å². The van der Waals surface area contributed by atoms with Gasteiger partial charge in [-0.05, 0) is 86.1 Å². The third kappa shape index (κ3) is 6.70. The van der Waals surface area contributed by atoms with Crippen molar-refractivity contribution < 1.29 is 19.1 Å². The number of aliphatic imine (C=N–C) groups is 2. The Morgan fingerprint density at radius 3 is 1.20 bits per heavy atom. The van der Waals surface area contributed by atoms with Gasteiger partial charge < -0.3 is 9.47 Å². The Bertz CT molecular complexity index is 1600. The number of hydrogen-bond donors (Lipinski definition) is 0. The molecule has 0 radical (unpaired) electrons. The fourth-order valence-electron chi connectivity index (χ4n) is 5.39. The topological polar surface area (TPSA) is 77.3 Å². The van der Waals surface area contributed by atoms with Gasteiger partial charge in [0.1, 0.15) is 0 Å². The van der Waals surface area contributed by atoms with Crippen LogP contribution in [0.25, 0.3) is 11.1 Å². The van der Waals surface area contributed by atoms with Gasteiger partial charge in [0.2, 0.25) is 0 Å². The molecule has 6 nitrogen and oxygen atoms in total. The SMILES string of the molecule is COC(=O)/C(C1=CCC(C2=NC(/C(C(=O)OC)=C(C)/C(C)=C(\C)c3ccccc3)=CC2)=N1)=C(C)\C(C)=C(/C)c1ccccc1. The van der Waals surface area contributed by atoms with Crippen LogP contribution in [0.1, 0.15) is 65.5 Å². The summed E-state index contributed by atoms with van der Waals surface area (Å²) in [6.45, 7) is 12.0. The Labute approximate surface area is 260 Å². The number of rotatable bonds is 9. The lowest BCUT2D eigenvalue weighted by Gasteiger charge is -2.14. The minimum atomic E-state index is -0.436. The maximum Gasteiger partial charge on any atom is 0.340 e. The minimum absolute atomic E-state index is 0.435. The smallest absolute Gasteiger partial charge is 0.340 e. The van der Waals surface area contributed by atoms with Crippen molar-refractivity contribution in [3.05, 3.63) is 129 Å². The van der Waals surface area contributed by atoms with Crippen molar-refractivity contribution in [2.75, 3.05) is 14.2 Å². The zero-order valence-corrected chi connectivity index (χ0v) is 26.9. The summed E-state index contributed by atoms with van der Waals surface area (Å²) in [7, 11) is 2.77. The lowest BCUT2D eigenvalue weighted by Crippen LogP contribution is -2.12. The van der Waals surface area contributed by atoms with E-state index in [1.807, 2.05) is 90.1 Å². The molecule has 0 saturated carbocycles. The van der Waals surface area contributed by atoms with Crippen molar-refractivity contribution in [1.82, 2.24) is 0 Å². The largest absolute Gasteiger partial charge is 0.465 e. The Balaban J connectivity index is 1.70. The molecule has 2 aromatic carbocycles. The quantitative estimate of drug-likeness (QED) is 0.167. The van der Waals surface area contributed by atoms with E-state index in [0.717, 1.165) is 56.0 Å². The monoisotopic (exact) mass is 588 g/mol. The summed E-state index contributed by atoms with van der Waals surface area (Å²) in [5.74, 6) is -0.873. The van der Waals surface area contributed by atoms with Crippen LogP contribution in [0.15, 0.2) is 128 Å². The predicted octanol–water partition coefficient (Wildman–Crippen LogP) is 8.41. The minimum Gasteiger partial charge on any atom is -0.465 e. The molecular weight excluding hydrogens is 548 g/mol. The van der Waals surface area contributed by atoms with Crippen LogP contribution in [0.5, 0.6) is 0 Å². The van der Waals surface area contributed by atoms with E-state index in [0.29, 0.717) is 35.4 Å². The van der Waals surface area contributed by atoms with Crippen LogP contribution in [-0.4, -0.2) is 37.6 Å². The van der Waals surface area contributed by atoms with E-state index in [1.54, 1.807) is 0 Å². The molecule has 2 aliphatic rings. The molecule has 0 saturated heterocycles. The Hall–Kier alpha value is -4.84. The van der Waals surface area contributed by atoms with Crippen LogP contribution in [0.3, 0.4) is 0 Å². The van der Waals surface area contributed by atoms with E-state index >= 15 is 0 Å². The highest BCUT2D eigenvalue weighted by atomic mass is 16.5. The molecule has 2 aromatic rings. The van der Waals surface area contributed by atoms with Gasteiger partial charge >= 0.3 is 11.9 Å². The van der Waals surface area contributed by atoms with Gasteiger partial charge in [-0.25, -0.2) is 9.59 Å². The highest BCUT2D eigenvalue weighted by molar-refractivity contribution is 6.44. The Kier molecular flexibility index (Phi) is 10.3. The van der Waals surface area contributed by atoms with Crippen LogP contribution in [-0.2, 0) is 19.1 Å². The molecule has 0 N–H and O–H groups in total. The van der Waals surface area contributed by atoms with Gasteiger partial charge in [-0.1, -0.05) is 72.8 Å². The van der Waals surface area contributed by atoms with Gasteiger partial charge in [-0.2, -0.15) is 0 Å². The number of benzene rings is 2. The van der Waals surface area contributed by atoms with E-state index < -0.39 is 11.9 Å². The first-order chi connectivity index (χ1) is 21.1. The molecular formula is C38H40N2O4. The third-order valence-corrected chi connectivity index (χ3v) is 8.53. The van der Waals surface area contributed by atoms with Gasteiger partial charge in [-0.15, -0.1) is 0 Å². The van der Waals surface area contributed by atoms with Crippen LogP contribution in [0.4, 0.5) is 0 Å². The third-order valence-electron chi connectivity index (χ3n) is 8.53. The molecule has 0 fully saturated rings. The molecule has 44 heavy (non-hydrogen) atoms. The Morgan fingerprint density at radius 1 is 0.545 bits per heavy atom. The van der Waals surface area contributed by atoms with Gasteiger partial charge in [0.15, 0.2) is 0 Å². The molecule has 0 amide bonds. The standard InChI is InChI=1S/C38H40N2O4/c1-23(25(3)29-15-11-9-12-16-29)27(5)35(37(41)43-7)33-21-19-31(39-33)32-20-22-34(40-32)36(38(42)44-8)28(6)24(2)26(4)30-17-13-10-14-18-30/h9-18,21-22H,19-20H2,1-8H3/b25-23+,26-24+,35-27-,36-28-. The summed E-state index contributed by atoms with van der Waals surface area (Å²) in [6, 6.07) is 20.2. The molecule has 0 spiro atoms. The number of ether oxygens (including phenoxy) is 2. The van der Waals surface area contributed by atoms with E-state index in [2.05, 4.69) is 24.3 Å². The molecule has 0 unspecified atom stereocenters. The number of nitrogens with zero attached hydrogens (tertiary/aromatic N) is 2. The highest BCUT2D eigenvalue weighted by Crippen LogP contribution is 2.34. The first-order valence-corrected chi connectivity index (χ1v) is 14.7. The molecule has 2 aliphatic heterocycles. The highest BCUT2D eigenvalue weighted by Gasteiger charge is 2.28. The summed E-state index contributed by atoms with van der Waals surface area (Å²) in [5, 5.41) is 0. The van der Waals surface area contributed by atoms with Crippen molar-refractivity contribution in [2.24, 2.45) is 9.98 Å². The van der Waals surface area contributed by atoms with E-state index in [4.69, 9.17) is 19.5 Å². The molecule has 0 bridgehead atoms. The average molecular weight is 589 g/mol. The summed E-state index contributed by atoms with van der Waals surface area (Å²) in [4.78, 5) is 35.9. The fraction of sp³-hybridized carbons (Fsp3) is 0.263. The van der Waals surface area contributed by atoms with Crippen molar-refractivity contribution in [3.63, 3.8) is 0 Å². The van der Waals surface area contributed by atoms with Crippen molar-refractivity contribution in [3.8, 4) is 0 Å². The van der Waals surface area contributed by atoms with E-state index in [9.17, 15) is 9.59 Å². The first-order valence-electron chi connectivity index (χ1n) is 14.7. The number of allylic oxidation sites excluding steroid dienone is 8. The molecule has 4 rings (SSSR count). The number of carbonyl (C=O) groups is 2. The molecule has 2 heterocycles. The fourth-order valence-corrected chi connectivity index (χ4v) is 5.39. The number of methoxy groups -OCH3 is 2. The normalized spacial score (nSPS) is 16.8. The summed E-state index contributed by atoms with van der Waals surface area (Å²) in [6.07, 6.45) is 4.92. The maximum absolute atomic E-state index is 13.1. The van der Waals surface area contributed by atoms with E-state index in [1.165, 1.54) is 14.2 Å². The molecule has 0 aliphatic carbocycles. The van der Waals surface area contributed by atoms with Gasteiger partial charge in [0.25, 0.3) is 0 Å². The summed E-state index contributed by atoms with van der Waals surface area (Å²) < 4.78 is 10.4. The average Bonchev–Trinajstić information content (AvgIpc) is 3.74. The van der Waals surface area contributed by atoms with Crippen LogP contribution in [0.2, 0.25) is 0 Å². The second kappa shape index (κ2) is 14.1. The van der Waals surface area contributed by atoms with E-state index in [-0.39, 0.29) is 0 Å². The summed E-state index contributed by atoms with van der Waals surface area (Å²) >= 11 is 0. The molecule has 0 aromatic heterocycles. The first kappa shape index (κ1) is 32.1. The second-order valence-corrected chi connectivity index (χ2v) is 10.9. The molecule has 6 heteroatoms. The zero-order valence-electron chi connectivity index (χ0n) is 26.9. The number of carbonyl (C=O) groups excluding carboxylic acids is 2. The maximum atomic E-state index is 13.1. The molecule has 0 atom stereocenters. The van der Waals surface area contributed by atoms with Gasteiger partial charge in [-0.3, -0.25) is 9.98 Å². The van der Waals surface area contributed by atoms with Crippen molar-refractivity contribution >= 4 is 34.5 Å². The van der Waals surface area contributed by atoms with Crippen LogP contribution >= 0.6 is 0 Å². The van der Waals surface area contributed by atoms with Crippen LogP contribution in [0, 0.1) is 0 Å².